The van der Waals surface area contributed by atoms with Gasteiger partial charge in [-0.15, -0.1) is 0 Å². The van der Waals surface area contributed by atoms with Crippen LogP contribution in [0.25, 0.3) is 6.08 Å². The van der Waals surface area contributed by atoms with E-state index >= 15 is 0 Å². The molecule has 3 heterocycles. The Morgan fingerprint density at radius 1 is 1.03 bits per heavy atom. The quantitative estimate of drug-likeness (QED) is 0.370. The molecule has 0 saturated carbocycles. The largest absolute Gasteiger partial charge is 0.467 e. The molecule has 1 aliphatic rings. The van der Waals surface area contributed by atoms with Gasteiger partial charge in [-0.25, -0.2) is 8.42 Å². The number of aromatic nitrogens is 1. The Bertz CT molecular complexity index is 1340. The van der Waals surface area contributed by atoms with E-state index in [-0.39, 0.29) is 29.7 Å². The van der Waals surface area contributed by atoms with E-state index in [0.29, 0.717) is 25.2 Å². The summed E-state index contributed by atoms with van der Waals surface area (Å²) >= 11 is 0. The van der Waals surface area contributed by atoms with Crippen LogP contribution in [-0.4, -0.2) is 60.1 Å². The Hall–Kier alpha value is -3.43. The smallest absolute Gasteiger partial charge is 0.246 e. The second kappa shape index (κ2) is 10.1. The van der Waals surface area contributed by atoms with Crippen LogP contribution in [0.4, 0.5) is 0 Å². The molecular formula is C26H29N3O5S. The maximum Gasteiger partial charge on any atom is 0.246 e. The monoisotopic (exact) mass is 495 g/mol. The molecule has 8 nitrogen and oxygen atoms in total. The molecule has 0 unspecified atom stereocenters. The van der Waals surface area contributed by atoms with Crippen molar-refractivity contribution in [1.82, 2.24) is 13.8 Å². The van der Waals surface area contributed by atoms with Crippen LogP contribution >= 0.6 is 0 Å². The lowest BCUT2D eigenvalue weighted by molar-refractivity contribution is -0.127. The highest BCUT2D eigenvalue weighted by atomic mass is 32.2. The number of piperazine rings is 1. The van der Waals surface area contributed by atoms with Gasteiger partial charge in [0.1, 0.15) is 5.76 Å². The van der Waals surface area contributed by atoms with E-state index in [2.05, 4.69) is 4.57 Å². The lowest BCUT2D eigenvalue weighted by Crippen LogP contribution is -2.50. The van der Waals surface area contributed by atoms with Crippen molar-refractivity contribution in [2.45, 2.75) is 32.2 Å². The first-order valence-corrected chi connectivity index (χ1v) is 12.9. The number of carbonyl (C=O) groups excluding carboxylic acids is 2. The van der Waals surface area contributed by atoms with E-state index in [4.69, 9.17) is 4.42 Å². The Balaban J connectivity index is 1.37. The molecule has 2 aromatic heterocycles. The lowest BCUT2D eigenvalue weighted by Gasteiger charge is -2.33. The summed E-state index contributed by atoms with van der Waals surface area (Å²) in [6.45, 7) is 7.14. The molecular weight excluding hydrogens is 466 g/mol. The average molecular weight is 496 g/mol. The van der Waals surface area contributed by atoms with Gasteiger partial charge in [-0.1, -0.05) is 12.1 Å². The summed E-state index contributed by atoms with van der Waals surface area (Å²) in [6.07, 6.45) is 5.00. The first kappa shape index (κ1) is 24.7. The zero-order valence-corrected chi connectivity index (χ0v) is 20.9. The van der Waals surface area contributed by atoms with Crippen molar-refractivity contribution in [2.75, 3.05) is 26.2 Å². The minimum Gasteiger partial charge on any atom is -0.467 e. The first-order chi connectivity index (χ1) is 16.7. The normalized spacial score (nSPS) is 15.1. The molecule has 1 saturated heterocycles. The number of hydrogen-bond donors (Lipinski definition) is 0. The van der Waals surface area contributed by atoms with E-state index in [0.717, 1.165) is 22.7 Å². The van der Waals surface area contributed by atoms with Gasteiger partial charge in [-0.3, -0.25) is 9.59 Å². The van der Waals surface area contributed by atoms with Crippen LogP contribution in [-0.2, 0) is 21.4 Å². The summed E-state index contributed by atoms with van der Waals surface area (Å²) in [6, 6.07) is 11.8. The second-order valence-electron chi connectivity index (χ2n) is 8.64. The molecule has 1 fully saturated rings. The van der Waals surface area contributed by atoms with Crippen LogP contribution in [0, 0.1) is 13.8 Å². The standard InChI is InChI=1S/C26H29N3O5S/c1-19-17-23(20(2)29(19)18-24-5-4-16-34-24)8-11-26(31)27-12-14-28(15-13-27)35(32,33)25-9-6-22(7-10-25)21(3)30/h4-11,16-17H,12-15,18H2,1-3H3/b11-8+. The molecule has 0 bridgehead atoms. The van der Waals surface area contributed by atoms with Gasteiger partial charge < -0.3 is 13.9 Å². The van der Waals surface area contributed by atoms with Crippen LogP contribution < -0.4 is 0 Å². The van der Waals surface area contributed by atoms with E-state index in [1.807, 2.05) is 38.1 Å². The SMILES string of the molecule is CC(=O)c1ccc(S(=O)(=O)N2CCN(C(=O)/C=C/c3cc(C)n(Cc4ccco4)c3C)CC2)cc1. The Morgan fingerprint density at radius 2 is 1.71 bits per heavy atom. The molecule has 1 aromatic carbocycles. The summed E-state index contributed by atoms with van der Waals surface area (Å²) in [5.41, 5.74) is 3.53. The number of nitrogens with zero attached hydrogens (tertiary/aromatic N) is 3. The molecule has 4 rings (SSSR count). The van der Waals surface area contributed by atoms with Crippen molar-refractivity contribution >= 4 is 27.8 Å². The highest BCUT2D eigenvalue weighted by Gasteiger charge is 2.29. The molecule has 184 valence electrons. The van der Waals surface area contributed by atoms with Crippen molar-refractivity contribution in [2.24, 2.45) is 0 Å². The van der Waals surface area contributed by atoms with Crippen molar-refractivity contribution < 1.29 is 22.4 Å². The van der Waals surface area contributed by atoms with Crippen molar-refractivity contribution in [1.29, 1.82) is 0 Å². The fourth-order valence-electron chi connectivity index (χ4n) is 4.22. The van der Waals surface area contributed by atoms with Gasteiger partial charge >= 0.3 is 0 Å². The Morgan fingerprint density at radius 3 is 2.31 bits per heavy atom. The number of rotatable bonds is 7. The van der Waals surface area contributed by atoms with Gasteiger partial charge in [0.05, 0.1) is 17.7 Å². The van der Waals surface area contributed by atoms with Gasteiger partial charge in [0.15, 0.2) is 5.78 Å². The predicted molar refractivity (Wildman–Crippen MR) is 133 cm³/mol. The van der Waals surface area contributed by atoms with Crippen LogP contribution in [0.15, 0.2) is 64.1 Å². The molecule has 0 spiro atoms. The van der Waals surface area contributed by atoms with Crippen LogP contribution in [0.1, 0.15) is 40.0 Å². The summed E-state index contributed by atoms with van der Waals surface area (Å²) in [5, 5.41) is 0. The fourth-order valence-corrected chi connectivity index (χ4v) is 5.65. The number of furan rings is 1. The van der Waals surface area contributed by atoms with E-state index in [9.17, 15) is 18.0 Å². The maximum absolute atomic E-state index is 13.0. The van der Waals surface area contributed by atoms with Crippen LogP contribution in [0.5, 0.6) is 0 Å². The number of carbonyl (C=O) groups is 2. The number of aryl methyl sites for hydroxylation is 1. The van der Waals surface area contributed by atoms with Gasteiger partial charge in [0.2, 0.25) is 15.9 Å². The molecule has 35 heavy (non-hydrogen) atoms. The number of Topliss-reactive ketones (excluding diaryl/α,β-unsaturated/α-hetero) is 1. The molecule has 3 aromatic rings. The van der Waals surface area contributed by atoms with Crippen molar-refractivity contribution in [3.8, 4) is 0 Å². The van der Waals surface area contributed by atoms with Gasteiger partial charge in [-0.2, -0.15) is 4.31 Å². The Kier molecular flexibility index (Phi) is 7.09. The summed E-state index contributed by atoms with van der Waals surface area (Å²) in [4.78, 5) is 26.0. The number of hydrogen-bond acceptors (Lipinski definition) is 5. The summed E-state index contributed by atoms with van der Waals surface area (Å²) < 4.78 is 34.9. The Labute approximate surface area is 205 Å². The van der Waals surface area contributed by atoms with E-state index < -0.39 is 10.0 Å². The van der Waals surface area contributed by atoms with Gasteiger partial charge in [-0.05, 0) is 62.7 Å². The number of ketones is 1. The van der Waals surface area contributed by atoms with Crippen LogP contribution in [0.3, 0.4) is 0 Å². The molecule has 1 aliphatic heterocycles. The zero-order chi connectivity index (χ0) is 25.2. The van der Waals surface area contributed by atoms with Crippen LogP contribution in [0.2, 0.25) is 0 Å². The predicted octanol–water partition coefficient (Wildman–Crippen LogP) is 3.50. The third kappa shape index (κ3) is 5.31. The zero-order valence-electron chi connectivity index (χ0n) is 20.1. The first-order valence-electron chi connectivity index (χ1n) is 11.4. The third-order valence-corrected chi connectivity index (χ3v) is 8.27. The topological polar surface area (TPSA) is 92.8 Å². The van der Waals surface area contributed by atoms with Crippen molar-refractivity contribution in [3.63, 3.8) is 0 Å². The highest BCUT2D eigenvalue weighted by Crippen LogP contribution is 2.21. The minimum atomic E-state index is -3.68. The minimum absolute atomic E-state index is 0.117. The molecule has 0 radical (unpaired) electrons. The van der Waals surface area contributed by atoms with E-state index in [1.54, 1.807) is 17.2 Å². The molecule has 0 aliphatic carbocycles. The number of amides is 1. The molecule has 0 atom stereocenters. The van der Waals surface area contributed by atoms with Gasteiger partial charge in [0, 0.05) is 49.2 Å². The van der Waals surface area contributed by atoms with Gasteiger partial charge in [0.25, 0.3) is 0 Å². The fraction of sp³-hybridized carbons (Fsp3) is 0.308. The average Bonchev–Trinajstić information content (AvgIpc) is 3.46. The third-order valence-electron chi connectivity index (χ3n) is 6.36. The molecule has 1 amide bonds. The lowest BCUT2D eigenvalue weighted by atomic mass is 10.2. The maximum atomic E-state index is 13.0. The highest BCUT2D eigenvalue weighted by molar-refractivity contribution is 7.89. The number of sulfonamides is 1. The number of benzene rings is 1. The summed E-state index contributed by atoms with van der Waals surface area (Å²) in [5.74, 6) is 0.596. The summed E-state index contributed by atoms with van der Waals surface area (Å²) in [7, 11) is -3.68. The molecule has 9 heteroatoms. The molecule has 0 N–H and O–H groups in total. The van der Waals surface area contributed by atoms with E-state index in [1.165, 1.54) is 35.5 Å². The second-order valence-corrected chi connectivity index (χ2v) is 10.6. The van der Waals surface area contributed by atoms with Crippen molar-refractivity contribution in [3.05, 3.63) is 83.1 Å².